The third-order valence-electron chi connectivity index (χ3n) is 28.1. The van der Waals surface area contributed by atoms with Crippen LogP contribution in [0, 0.1) is 41.5 Å². The summed E-state index contributed by atoms with van der Waals surface area (Å²) in [5, 5.41) is 15.6. The van der Waals surface area contributed by atoms with Crippen LogP contribution < -0.4 is 0 Å². The number of fused-ring (bicyclic) bond motifs is 18. The molecule has 0 N–H and O–H groups in total. The van der Waals surface area contributed by atoms with Crippen LogP contribution in [0.25, 0.3) is 209 Å². The summed E-state index contributed by atoms with van der Waals surface area (Å²) < 4.78 is 14.2. The Labute approximate surface area is 839 Å². The van der Waals surface area contributed by atoms with E-state index in [1.54, 1.807) is 0 Å². The molecule has 6 heteroatoms. The van der Waals surface area contributed by atoms with Crippen molar-refractivity contribution in [1.82, 2.24) is 27.4 Å². The number of para-hydroxylation sites is 13. The van der Waals surface area contributed by atoms with Crippen molar-refractivity contribution in [1.29, 1.82) is 0 Å². The number of rotatable bonds is 10. The van der Waals surface area contributed by atoms with Gasteiger partial charge >= 0.3 is 0 Å². The second-order valence-corrected chi connectivity index (χ2v) is 37.5. The van der Waals surface area contributed by atoms with Crippen molar-refractivity contribution in [2.24, 2.45) is 0 Å². The van der Waals surface area contributed by atoms with Crippen molar-refractivity contribution >= 4 is 131 Å². The van der Waals surface area contributed by atoms with Crippen LogP contribution >= 0.6 is 0 Å². The highest BCUT2D eigenvalue weighted by Crippen LogP contribution is 2.43. The van der Waals surface area contributed by atoms with E-state index in [9.17, 15) is 0 Å². The van der Waals surface area contributed by atoms with Gasteiger partial charge in [0.2, 0.25) is 0 Å². The average molecular weight is 1850 g/mol. The van der Waals surface area contributed by atoms with Gasteiger partial charge in [-0.2, -0.15) is 0 Å². The predicted molar refractivity (Wildman–Crippen MR) is 615 cm³/mol. The van der Waals surface area contributed by atoms with Gasteiger partial charge in [-0.3, -0.25) is 0 Å². The van der Waals surface area contributed by atoms with Crippen LogP contribution in [0.4, 0.5) is 0 Å². The summed E-state index contributed by atoms with van der Waals surface area (Å²) in [6, 6.07) is 191. The zero-order valence-electron chi connectivity index (χ0n) is 81.5. The standard InChI is InChI=1S/4C25H19N.2C19H15N/c1-18-8-7-9-19(16-18)20-14-15-23-22-12-5-6-13-24(22)26(25(23)17-20)21-10-3-2-4-11-21;1-18-9-5-6-12-21(18)19-15-16-23-22-13-7-8-14-24(22)26(25(23)17-19)20-10-3-2-4-11-20;1-18-11-13-19(14-12-18)20-15-16-25-23(17-20)22-9-5-6-10-24(22)26(25)21-7-3-2-4-8-21;1-18-11-13-19(14-12-18)20-15-16-23-22-9-5-6-10-24(22)26(25(23)17-20)21-7-3-2-4-8-21;1-14-8-2-5-11-17(14)20-18-12-6-3-9-15(18)16-10-4-7-13-19(16)20;1-14-7-6-8-15(13-14)20-18-11-4-2-9-16(18)17-10-3-5-12-19(17)20/h4*2-17H,1H3;2*2-13H,1H3. The lowest BCUT2D eigenvalue weighted by atomic mass is 9.99. The quantitative estimate of drug-likeness (QED) is 0.131. The number of aromatic nitrogens is 6. The number of aryl methyl sites for hydroxylation is 6. The first kappa shape index (κ1) is 89.5. The molecule has 0 spiro atoms. The fourth-order valence-electron chi connectivity index (χ4n) is 21.2. The van der Waals surface area contributed by atoms with Crippen molar-refractivity contribution in [2.45, 2.75) is 41.5 Å². The summed E-state index contributed by atoms with van der Waals surface area (Å²) >= 11 is 0. The summed E-state index contributed by atoms with van der Waals surface area (Å²) in [6.07, 6.45) is 0. The van der Waals surface area contributed by atoms with Crippen molar-refractivity contribution in [3.05, 3.63) is 567 Å². The van der Waals surface area contributed by atoms with Gasteiger partial charge < -0.3 is 27.4 Å². The molecular weight excluding hydrogens is 1740 g/mol. The fraction of sp³-hybridized carbons (Fsp3) is 0.0435. The van der Waals surface area contributed by atoms with Gasteiger partial charge in [0.05, 0.1) is 66.2 Å². The van der Waals surface area contributed by atoms with Gasteiger partial charge in [-0.05, 0) is 248 Å². The third kappa shape index (κ3) is 17.3. The highest BCUT2D eigenvalue weighted by Gasteiger charge is 2.21. The molecular formula is C138H106N6. The van der Waals surface area contributed by atoms with Crippen LogP contribution in [-0.4, -0.2) is 27.4 Å². The van der Waals surface area contributed by atoms with E-state index in [4.69, 9.17) is 0 Å². The Morgan fingerprint density at radius 1 is 0.118 bits per heavy atom. The third-order valence-corrected chi connectivity index (χ3v) is 28.1. The molecule has 0 bridgehead atoms. The Bertz CT molecular complexity index is 9450. The van der Waals surface area contributed by atoms with Crippen molar-refractivity contribution in [2.75, 3.05) is 0 Å². The Kier molecular flexibility index (Phi) is 24.6. The normalized spacial score (nSPS) is 11.3. The molecule has 6 heterocycles. The van der Waals surface area contributed by atoms with E-state index in [1.165, 1.54) is 243 Å². The number of hydrogen-bond donors (Lipinski definition) is 0. The maximum absolute atomic E-state index is 2.37. The Morgan fingerprint density at radius 3 is 0.743 bits per heavy atom. The zero-order valence-corrected chi connectivity index (χ0v) is 81.5. The molecule has 688 valence electrons. The lowest BCUT2D eigenvalue weighted by Gasteiger charge is -2.10. The van der Waals surface area contributed by atoms with Gasteiger partial charge in [0, 0.05) is 98.8 Å². The summed E-state index contributed by atoms with van der Waals surface area (Å²) in [4.78, 5) is 0. The van der Waals surface area contributed by atoms with Gasteiger partial charge in [0.1, 0.15) is 0 Å². The zero-order chi connectivity index (χ0) is 97.1. The monoisotopic (exact) mass is 1850 g/mol. The van der Waals surface area contributed by atoms with Crippen molar-refractivity contribution < 1.29 is 0 Å². The maximum atomic E-state index is 2.37. The minimum atomic E-state index is 1.19. The highest BCUT2D eigenvalue weighted by molar-refractivity contribution is 6.15. The van der Waals surface area contributed by atoms with Crippen molar-refractivity contribution in [3.8, 4) is 78.6 Å². The molecule has 0 amide bonds. The Hall–Kier alpha value is -18.4. The van der Waals surface area contributed by atoms with E-state index in [0.717, 1.165) is 0 Å². The first-order valence-electron chi connectivity index (χ1n) is 49.7. The van der Waals surface area contributed by atoms with E-state index < -0.39 is 0 Å². The van der Waals surface area contributed by atoms with E-state index in [1.807, 2.05) is 0 Å². The molecule has 0 fully saturated rings. The molecule has 0 radical (unpaired) electrons. The topological polar surface area (TPSA) is 29.6 Å². The molecule has 0 atom stereocenters. The molecule has 28 rings (SSSR count). The summed E-state index contributed by atoms with van der Waals surface area (Å²) in [7, 11) is 0. The molecule has 6 aromatic heterocycles. The summed E-state index contributed by atoms with van der Waals surface area (Å²) in [6.45, 7) is 12.9. The lowest BCUT2D eigenvalue weighted by Crippen LogP contribution is -1.96. The predicted octanol–water partition coefficient (Wildman–Crippen LogP) is 37.2. The van der Waals surface area contributed by atoms with Gasteiger partial charge in [0.15, 0.2) is 0 Å². The number of nitrogens with zero attached hydrogens (tertiary/aromatic N) is 6. The Morgan fingerprint density at radius 2 is 0.368 bits per heavy atom. The first-order valence-corrected chi connectivity index (χ1v) is 49.7. The van der Waals surface area contributed by atoms with Crippen LogP contribution in [-0.2, 0) is 0 Å². The molecule has 6 nitrogen and oxygen atoms in total. The van der Waals surface area contributed by atoms with Crippen LogP contribution in [0.1, 0.15) is 33.4 Å². The Balaban J connectivity index is 0.0000000960. The SMILES string of the molecule is Cc1ccc(-c2ccc3c(c2)c2ccccc2n3-c2ccccc2)cc1.Cc1ccc(-c2ccc3c4ccccc4n(-c4ccccc4)c3c2)cc1.Cc1cccc(-c2ccc3c4ccccc4n(-c4ccccc4)c3c2)c1.Cc1cccc(-n2c3ccccc3c3ccccc32)c1.Cc1ccccc1-c1ccc2c3ccccc3n(-c3ccccc3)c2c1.Cc1ccccc1-n1c2ccccc2c2ccccc21. The van der Waals surface area contributed by atoms with E-state index in [-0.39, 0.29) is 0 Å². The molecule has 0 saturated heterocycles. The molecule has 28 aromatic rings. The largest absolute Gasteiger partial charge is 0.309 e. The molecule has 0 saturated carbocycles. The van der Waals surface area contributed by atoms with Gasteiger partial charge in [-0.15, -0.1) is 0 Å². The number of hydrogen-bond acceptors (Lipinski definition) is 0. The van der Waals surface area contributed by atoms with Gasteiger partial charge in [0.25, 0.3) is 0 Å². The molecule has 0 aliphatic heterocycles. The highest BCUT2D eigenvalue weighted by atomic mass is 15.0. The molecule has 0 aliphatic carbocycles. The second-order valence-electron chi connectivity index (χ2n) is 37.5. The molecule has 0 aliphatic rings. The first-order chi connectivity index (χ1) is 71.0. The molecule has 22 aromatic carbocycles. The van der Waals surface area contributed by atoms with Crippen LogP contribution in [0.3, 0.4) is 0 Å². The maximum Gasteiger partial charge on any atom is 0.0547 e. The smallest absolute Gasteiger partial charge is 0.0547 e. The molecule has 144 heavy (non-hydrogen) atoms. The lowest BCUT2D eigenvalue weighted by molar-refractivity contribution is 1.15. The van der Waals surface area contributed by atoms with E-state index in [0.29, 0.717) is 0 Å². The van der Waals surface area contributed by atoms with Gasteiger partial charge in [-0.25, -0.2) is 0 Å². The minimum absolute atomic E-state index is 1.19. The fourth-order valence-corrected chi connectivity index (χ4v) is 21.2. The van der Waals surface area contributed by atoms with Crippen LogP contribution in [0.2, 0.25) is 0 Å². The number of benzene rings is 22. The average Bonchev–Trinajstić information content (AvgIpc) is 1.60. The minimum Gasteiger partial charge on any atom is -0.309 e. The summed E-state index contributed by atoms with van der Waals surface area (Å²) in [5.74, 6) is 0. The molecule has 0 unspecified atom stereocenters. The summed E-state index contributed by atoms with van der Waals surface area (Å²) in [5.41, 5.74) is 40.1. The second kappa shape index (κ2) is 39.5. The van der Waals surface area contributed by atoms with Crippen LogP contribution in [0.15, 0.2) is 534 Å². The van der Waals surface area contributed by atoms with E-state index in [2.05, 4.69) is 603 Å². The van der Waals surface area contributed by atoms with Gasteiger partial charge in [-0.1, -0.05) is 405 Å². The van der Waals surface area contributed by atoms with Crippen LogP contribution in [0.5, 0.6) is 0 Å². The van der Waals surface area contributed by atoms with Crippen molar-refractivity contribution in [3.63, 3.8) is 0 Å². The van der Waals surface area contributed by atoms with E-state index >= 15 is 0 Å².